The highest BCUT2D eigenvalue weighted by molar-refractivity contribution is 5.90. The van der Waals surface area contributed by atoms with Gasteiger partial charge in [0.2, 0.25) is 0 Å². The van der Waals surface area contributed by atoms with Crippen LogP contribution < -0.4 is 10.6 Å². The van der Waals surface area contributed by atoms with Gasteiger partial charge in [0.15, 0.2) is 0 Å². The van der Waals surface area contributed by atoms with Crippen LogP contribution in [0.2, 0.25) is 0 Å². The second-order valence-electron chi connectivity index (χ2n) is 6.47. The van der Waals surface area contributed by atoms with Gasteiger partial charge in [-0.2, -0.15) is 0 Å². The molecule has 1 aliphatic rings. The number of piperidine rings is 1. The first kappa shape index (κ1) is 20.0. The van der Waals surface area contributed by atoms with E-state index in [0.29, 0.717) is 24.9 Å². The van der Waals surface area contributed by atoms with Gasteiger partial charge in [0, 0.05) is 30.9 Å². The quantitative estimate of drug-likeness (QED) is 0.579. The molecule has 142 valence electrons. The lowest BCUT2D eigenvalue weighted by molar-refractivity contribution is -0.137. The van der Waals surface area contributed by atoms with Gasteiger partial charge in [-0.1, -0.05) is 18.6 Å². The second kappa shape index (κ2) is 10.6. The Balaban J connectivity index is 1.72. The number of ether oxygens (including phenoxy) is 1. The highest BCUT2D eigenvalue weighted by atomic mass is 16.5. The van der Waals surface area contributed by atoms with Crippen LogP contribution in [0.25, 0.3) is 6.08 Å². The van der Waals surface area contributed by atoms with Gasteiger partial charge in [0.1, 0.15) is 0 Å². The summed E-state index contributed by atoms with van der Waals surface area (Å²) in [5.41, 5.74) is 1.57. The van der Waals surface area contributed by atoms with E-state index in [1.54, 1.807) is 25.1 Å². The normalized spacial score (nSPS) is 17.8. The SMILES string of the molecule is CCOC(=O)C=Cc1ccc(NC(=O)NCCN2CCCCC2C)cc1. The zero-order valence-electron chi connectivity index (χ0n) is 15.7. The Morgan fingerprint density at radius 1 is 1.27 bits per heavy atom. The first-order valence-corrected chi connectivity index (χ1v) is 9.32. The highest BCUT2D eigenvalue weighted by Crippen LogP contribution is 2.15. The fraction of sp³-hybridized carbons (Fsp3) is 0.500. The van der Waals surface area contributed by atoms with E-state index in [1.807, 2.05) is 12.1 Å². The summed E-state index contributed by atoms with van der Waals surface area (Å²) >= 11 is 0. The third-order valence-electron chi connectivity index (χ3n) is 4.49. The molecule has 0 saturated carbocycles. The molecule has 0 spiro atoms. The number of anilines is 1. The maximum Gasteiger partial charge on any atom is 0.330 e. The van der Waals surface area contributed by atoms with Crippen molar-refractivity contribution in [2.45, 2.75) is 39.2 Å². The molecule has 6 heteroatoms. The molecule has 0 radical (unpaired) electrons. The summed E-state index contributed by atoms with van der Waals surface area (Å²) in [5, 5.41) is 5.72. The molecule has 2 N–H and O–H groups in total. The number of nitrogens with one attached hydrogen (secondary N) is 2. The molecule has 0 aliphatic carbocycles. The molecule has 1 atom stereocenters. The number of nitrogens with zero attached hydrogens (tertiary/aromatic N) is 1. The maximum atomic E-state index is 12.0. The lowest BCUT2D eigenvalue weighted by atomic mass is 10.0. The molecule has 1 aromatic rings. The minimum atomic E-state index is -0.364. The second-order valence-corrected chi connectivity index (χ2v) is 6.47. The number of amides is 2. The Morgan fingerprint density at radius 2 is 2.04 bits per heavy atom. The van der Waals surface area contributed by atoms with Crippen molar-refractivity contribution in [3.05, 3.63) is 35.9 Å². The van der Waals surface area contributed by atoms with E-state index in [1.165, 1.54) is 25.3 Å². The van der Waals surface area contributed by atoms with E-state index in [4.69, 9.17) is 4.74 Å². The molecule has 1 saturated heterocycles. The summed E-state index contributed by atoms with van der Waals surface area (Å²) in [4.78, 5) is 25.7. The molecule has 2 rings (SSSR count). The third-order valence-corrected chi connectivity index (χ3v) is 4.49. The van der Waals surface area contributed by atoms with E-state index in [9.17, 15) is 9.59 Å². The first-order valence-electron chi connectivity index (χ1n) is 9.32. The number of carbonyl (C=O) groups is 2. The average molecular weight is 359 g/mol. The molecule has 1 fully saturated rings. The van der Waals surface area contributed by atoms with Crippen LogP contribution >= 0.6 is 0 Å². The Hall–Kier alpha value is -2.34. The van der Waals surface area contributed by atoms with Gasteiger partial charge >= 0.3 is 12.0 Å². The van der Waals surface area contributed by atoms with Crippen molar-refractivity contribution in [1.82, 2.24) is 10.2 Å². The van der Waals surface area contributed by atoms with E-state index in [-0.39, 0.29) is 12.0 Å². The molecule has 0 aromatic heterocycles. The molecule has 2 amide bonds. The van der Waals surface area contributed by atoms with Gasteiger partial charge in [-0.15, -0.1) is 0 Å². The van der Waals surface area contributed by atoms with Crippen LogP contribution in [0, 0.1) is 0 Å². The van der Waals surface area contributed by atoms with Crippen LogP contribution in [-0.4, -0.2) is 49.2 Å². The minimum Gasteiger partial charge on any atom is -0.463 e. The zero-order chi connectivity index (χ0) is 18.8. The minimum absolute atomic E-state index is 0.204. The van der Waals surface area contributed by atoms with Gasteiger partial charge in [-0.25, -0.2) is 9.59 Å². The third kappa shape index (κ3) is 6.88. The van der Waals surface area contributed by atoms with Crippen molar-refractivity contribution in [3.8, 4) is 0 Å². The largest absolute Gasteiger partial charge is 0.463 e. The van der Waals surface area contributed by atoms with E-state index in [0.717, 1.165) is 18.7 Å². The van der Waals surface area contributed by atoms with Crippen LogP contribution in [0.1, 0.15) is 38.7 Å². The van der Waals surface area contributed by atoms with Gasteiger partial charge in [-0.05, 0) is 57.0 Å². The number of hydrogen-bond acceptors (Lipinski definition) is 4. The Labute approximate surface area is 155 Å². The molecule has 26 heavy (non-hydrogen) atoms. The summed E-state index contributed by atoms with van der Waals surface area (Å²) in [6.45, 7) is 7.01. The van der Waals surface area contributed by atoms with Crippen LogP contribution in [0.5, 0.6) is 0 Å². The Bertz CT molecular complexity index is 613. The van der Waals surface area contributed by atoms with Crippen molar-refractivity contribution in [1.29, 1.82) is 0 Å². The molecule has 1 heterocycles. The number of rotatable bonds is 7. The fourth-order valence-electron chi connectivity index (χ4n) is 3.01. The molecular formula is C20H29N3O3. The Morgan fingerprint density at radius 3 is 2.73 bits per heavy atom. The Kier molecular flexibility index (Phi) is 8.15. The van der Waals surface area contributed by atoms with Crippen LogP contribution in [0.4, 0.5) is 10.5 Å². The van der Waals surface area contributed by atoms with Gasteiger partial charge in [0.25, 0.3) is 0 Å². The van der Waals surface area contributed by atoms with Crippen molar-refractivity contribution in [2.24, 2.45) is 0 Å². The lowest BCUT2D eigenvalue weighted by Gasteiger charge is -2.33. The molecule has 1 aromatic carbocycles. The van der Waals surface area contributed by atoms with Crippen molar-refractivity contribution >= 4 is 23.8 Å². The number of likely N-dealkylation sites (tertiary alicyclic amines) is 1. The summed E-state index contributed by atoms with van der Waals surface area (Å²) in [6.07, 6.45) is 6.86. The van der Waals surface area contributed by atoms with Gasteiger partial charge in [0.05, 0.1) is 6.61 Å². The number of carbonyl (C=O) groups excluding carboxylic acids is 2. The predicted octanol–water partition coefficient (Wildman–Crippen LogP) is 3.26. The van der Waals surface area contributed by atoms with E-state index in [2.05, 4.69) is 22.5 Å². The summed E-state index contributed by atoms with van der Waals surface area (Å²) in [5.74, 6) is -0.364. The molecule has 1 aliphatic heterocycles. The highest BCUT2D eigenvalue weighted by Gasteiger charge is 2.17. The van der Waals surface area contributed by atoms with Gasteiger partial charge < -0.3 is 15.4 Å². The average Bonchev–Trinajstić information content (AvgIpc) is 2.63. The summed E-state index contributed by atoms with van der Waals surface area (Å²) < 4.78 is 4.83. The monoisotopic (exact) mass is 359 g/mol. The number of benzene rings is 1. The number of esters is 1. The lowest BCUT2D eigenvalue weighted by Crippen LogP contribution is -2.43. The summed E-state index contributed by atoms with van der Waals surface area (Å²) in [7, 11) is 0. The van der Waals surface area contributed by atoms with Crippen LogP contribution in [0.3, 0.4) is 0 Å². The van der Waals surface area contributed by atoms with Crippen molar-refractivity contribution in [2.75, 3.05) is 31.6 Å². The van der Waals surface area contributed by atoms with Gasteiger partial charge in [-0.3, -0.25) is 4.90 Å². The van der Waals surface area contributed by atoms with Crippen molar-refractivity contribution in [3.63, 3.8) is 0 Å². The maximum absolute atomic E-state index is 12.0. The predicted molar refractivity (Wildman–Crippen MR) is 104 cm³/mol. The van der Waals surface area contributed by atoms with E-state index >= 15 is 0 Å². The smallest absolute Gasteiger partial charge is 0.330 e. The number of hydrogen-bond donors (Lipinski definition) is 2. The van der Waals surface area contributed by atoms with E-state index < -0.39 is 0 Å². The fourth-order valence-corrected chi connectivity index (χ4v) is 3.01. The zero-order valence-corrected chi connectivity index (χ0v) is 15.7. The number of urea groups is 1. The standard InChI is InChI=1S/C20H29N3O3/c1-3-26-19(24)12-9-17-7-10-18(11-8-17)22-20(25)21-13-15-23-14-5-4-6-16(23)2/h7-12,16H,3-6,13-15H2,1-2H3,(H2,21,22,25). The van der Waals surface area contributed by atoms with Crippen molar-refractivity contribution < 1.29 is 14.3 Å². The topological polar surface area (TPSA) is 70.7 Å². The first-order chi connectivity index (χ1) is 12.6. The van der Waals surface area contributed by atoms with Crippen LogP contribution in [-0.2, 0) is 9.53 Å². The molecule has 0 bridgehead atoms. The van der Waals surface area contributed by atoms with Crippen LogP contribution in [0.15, 0.2) is 30.3 Å². The molecular weight excluding hydrogens is 330 g/mol. The summed E-state index contributed by atoms with van der Waals surface area (Å²) in [6, 6.07) is 7.67. The molecule has 6 nitrogen and oxygen atoms in total. The molecule has 1 unspecified atom stereocenters.